The van der Waals surface area contributed by atoms with Gasteiger partial charge in [0.25, 0.3) is 5.91 Å². The van der Waals surface area contributed by atoms with E-state index in [4.69, 9.17) is 0 Å². The second-order valence-electron chi connectivity index (χ2n) is 8.21. The summed E-state index contributed by atoms with van der Waals surface area (Å²) in [6.45, 7) is 7.00. The lowest BCUT2D eigenvalue weighted by molar-refractivity contribution is -0.137. The Bertz CT molecular complexity index is 1090. The van der Waals surface area contributed by atoms with E-state index in [0.29, 0.717) is 23.1 Å². The molecule has 0 radical (unpaired) electrons. The molecule has 1 aromatic heterocycles. The van der Waals surface area contributed by atoms with Crippen LogP contribution >= 0.6 is 0 Å². The number of imide groups is 1. The van der Waals surface area contributed by atoms with Gasteiger partial charge in [0.2, 0.25) is 5.91 Å². The quantitative estimate of drug-likeness (QED) is 0.566. The highest BCUT2D eigenvalue weighted by Crippen LogP contribution is 2.30. The van der Waals surface area contributed by atoms with Crippen LogP contribution in [-0.4, -0.2) is 26.8 Å². The topological polar surface area (TPSA) is 42.3 Å². The van der Waals surface area contributed by atoms with E-state index in [0.717, 1.165) is 17.6 Å². The number of nitrogens with zero attached hydrogens (tertiary/aromatic N) is 2. The molecule has 0 saturated heterocycles. The van der Waals surface area contributed by atoms with Crippen LogP contribution in [0.15, 0.2) is 54.7 Å². The maximum atomic E-state index is 13.2. The van der Waals surface area contributed by atoms with Crippen LogP contribution in [0.4, 0.5) is 13.2 Å². The second-order valence-corrected chi connectivity index (χ2v) is 8.21. The third-order valence-corrected chi connectivity index (χ3v) is 4.84. The number of amides is 2. The van der Waals surface area contributed by atoms with Crippen molar-refractivity contribution in [2.45, 2.75) is 46.0 Å². The van der Waals surface area contributed by atoms with Crippen LogP contribution in [0.25, 0.3) is 10.9 Å². The second kappa shape index (κ2) is 7.63. The smallest absolute Gasteiger partial charge is 0.342 e. The van der Waals surface area contributed by atoms with Gasteiger partial charge in [-0.2, -0.15) is 13.2 Å². The molecule has 2 amide bonds. The Labute approximate surface area is 172 Å². The van der Waals surface area contributed by atoms with E-state index in [2.05, 4.69) is 0 Å². The van der Waals surface area contributed by atoms with Gasteiger partial charge in [-0.05, 0) is 44.5 Å². The molecule has 3 rings (SSSR count). The highest BCUT2D eigenvalue weighted by Gasteiger charge is 2.33. The molecule has 3 aromatic rings. The van der Waals surface area contributed by atoms with Gasteiger partial charge in [-0.25, -0.2) is 0 Å². The lowest BCUT2D eigenvalue weighted by Crippen LogP contribution is -2.48. The molecular formula is C23H23F3N2O2. The van der Waals surface area contributed by atoms with Gasteiger partial charge in [0.1, 0.15) is 0 Å². The first-order valence-electron chi connectivity index (χ1n) is 9.48. The van der Waals surface area contributed by atoms with Crippen molar-refractivity contribution in [3.8, 4) is 0 Å². The molecule has 0 bridgehead atoms. The number of para-hydroxylation sites is 1. The Morgan fingerprint density at radius 1 is 0.967 bits per heavy atom. The molecule has 30 heavy (non-hydrogen) atoms. The normalized spacial score (nSPS) is 12.2. The van der Waals surface area contributed by atoms with E-state index in [9.17, 15) is 22.8 Å². The van der Waals surface area contributed by atoms with E-state index in [-0.39, 0.29) is 5.91 Å². The first-order valence-corrected chi connectivity index (χ1v) is 9.48. The third-order valence-electron chi connectivity index (χ3n) is 4.84. The highest BCUT2D eigenvalue weighted by molar-refractivity contribution is 6.12. The van der Waals surface area contributed by atoms with Crippen molar-refractivity contribution in [1.29, 1.82) is 0 Å². The Kier molecular flexibility index (Phi) is 5.50. The lowest BCUT2D eigenvalue weighted by Gasteiger charge is -2.32. The molecule has 0 aliphatic carbocycles. The Morgan fingerprint density at radius 3 is 2.10 bits per heavy atom. The summed E-state index contributed by atoms with van der Waals surface area (Å²) >= 11 is 0. The summed E-state index contributed by atoms with van der Waals surface area (Å²) in [5.41, 5.74) is 0.407. The highest BCUT2D eigenvalue weighted by atomic mass is 19.4. The number of hydrogen-bond acceptors (Lipinski definition) is 2. The summed E-state index contributed by atoms with van der Waals surface area (Å²) in [6.07, 6.45) is -2.73. The fourth-order valence-corrected chi connectivity index (χ4v) is 3.58. The van der Waals surface area contributed by atoms with E-state index in [1.807, 2.05) is 16.7 Å². The number of benzene rings is 2. The van der Waals surface area contributed by atoms with E-state index >= 15 is 0 Å². The molecule has 0 aliphatic heterocycles. The zero-order valence-corrected chi connectivity index (χ0v) is 17.2. The summed E-state index contributed by atoms with van der Waals surface area (Å²) in [4.78, 5) is 26.6. The minimum Gasteiger partial charge on any atom is -0.342 e. The summed E-state index contributed by atoms with van der Waals surface area (Å²) in [7, 11) is 0. The van der Waals surface area contributed by atoms with Crippen LogP contribution < -0.4 is 0 Å². The van der Waals surface area contributed by atoms with Crippen molar-refractivity contribution < 1.29 is 22.8 Å². The molecule has 7 heteroatoms. The number of rotatable bonds is 3. The van der Waals surface area contributed by atoms with Crippen molar-refractivity contribution in [2.75, 3.05) is 0 Å². The molecule has 0 unspecified atom stereocenters. The number of carbonyl (C=O) groups excluding carboxylic acids is 2. The summed E-state index contributed by atoms with van der Waals surface area (Å²) in [5, 5.41) is 0.685. The molecule has 0 atom stereocenters. The molecule has 0 aliphatic rings. The van der Waals surface area contributed by atoms with E-state index in [1.54, 1.807) is 39.1 Å². The number of hydrogen-bond donors (Lipinski definition) is 0. The van der Waals surface area contributed by atoms with Crippen molar-refractivity contribution in [3.05, 3.63) is 71.4 Å². The SMILES string of the molecule is CC(=O)N(C(=O)c1cn(Cc2ccc(C(F)(F)F)cc2)c2ccccc12)C(C)(C)C. The van der Waals surface area contributed by atoms with E-state index < -0.39 is 23.2 Å². The van der Waals surface area contributed by atoms with Gasteiger partial charge in [0, 0.05) is 36.1 Å². The van der Waals surface area contributed by atoms with Crippen molar-refractivity contribution in [3.63, 3.8) is 0 Å². The van der Waals surface area contributed by atoms with Gasteiger partial charge in [-0.1, -0.05) is 30.3 Å². The fourth-order valence-electron chi connectivity index (χ4n) is 3.58. The third kappa shape index (κ3) is 4.25. The average Bonchev–Trinajstić information content (AvgIpc) is 2.99. The first-order chi connectivity index (χ1) is 13.9. The zero-order chi connectivity index (χ0) is 22.3. The number of carbonyl (C=O) groups is 2. The average molecular weight is 416 g/mol. The first kappa shape index (κ1) is 21.6. The van der Waals surface area contributed by atoms with Gasteiger partial charge in [0.05, 0.1) is 11.1 Å². The molecular weight excluding hydrogens is 393 g/mol. The maximum Gasteiger partial charge on any atom is 0.416 e. The number of halogens is 3. The van der Waals surface area contributed by atoms with Crippen molar-refractivity contribution in [1.82, 2.24) is 9.47 Å². The Hall–Kier alpha value is -3.09. The molecule has 158 valence electrons. The Balaban J connectivity index is 2.02. The molecule has 0 saturated carbocycles. The predicted octanol–water partition coefficient (Wildman–Crippen LogP) is 5.50. The van der Waals surface area contributed by atoms with E-state index in [1.165, 1.54) is 24.0 Å². The van der Waals surface area contributed by atoms with Crippen LogP contribution in [0.2, 0.25) is 0 Å². The van der Waals surface area contributed by atoms with Gasteiger partial charge in [-0.3, -0.25) is 14.5 Å². The molecule has 0 spiro atoms. The fraction of sp³-hybridized carbons (Fsp3) is 0.304. The Morgan fingerprint density at radius 2 is 1.57 bits per heavy atom. The largest absolute Gasteiger partial charge is 0.416 e. The minimum atomic E-state index is -4.39. The molecule has 0 fully saturated rings. The van der Waals surface area contributed by atoms with Crippen LogP contribution in [-0.2, 0) is 17.5 Å². The standard InChI is InChI=1S/C23H23F3N2O2/c1-15(29)28(22(2,3)4)21(30)19-14-27(20-8-6-5-7-18(19)20)13-16-9-11-17(12-10-16)23(24,25)26/h5-12,14H,13H2,1-4H3. The molecule has 4 nitrogen and oxygen atoms in total. The zero-order valence-electron chi connectivity index (χ0n) is 17.2. The number of aromatic nitrogens is 1. The monoisotopic (exact) mass is 416 g/mol. The number of fused-ring (bicyclic) bond motifs is 1. The van der Waals surface area contributed by atoms with Gasteiger partial charge < -0.3 is 4.57 Å². The van der Waals surface area contributed by atoms with Crippen LogP contribution in [0.3, 0.4) is 0 Å². The predicted molar refractivity (Wildman–Crippen MR) is 109 cm³/mol. The lowest BCUT2D eigenvalue weighted by atomic mass is 10.0. The van der Waals surface area contributed by atoms with Crippen LogP contribution in [0.1, 0.15) is 49.2 Å². The molecule has 0 N–H and O–H groups in total. The van der Waals surface area contributed by atoms with Crippen molar-refractivity contribution >= 4 is 22.7 Å². The summed E-state index contributed by atoms with van der Waals surface area (Å²) in [5.74, 6) is -0.760. The van der Waals surface area contributed by atoms with Gasteiger partial charge in [-0.15, -0.1) is 0 Å². The van der Waals surface area contributed by atoms with Crippen LogP contribution in [0, 0.1) is 0 Å². The van der Waals surface area contributed by atoms with Crippen molar-refractivity contribution in [2.24, 2.45) is 0 Å². The van der Waals surface area contributed by atoms with Crippen LogP contribution in [0.5, 0.6) is 0 Å². The minimum absolute atomic E-state index is 0.293. The maximum absolute atomic E-state index is 13.2. The molecule has 2 aromatic carbocycles. The number of alkyl halides is 3. The van der Waals surface area contributed by atoms with Gasteiger partial charge >= 0.3 is 6.18 Å². The summed E-state index contributed by atoms with van der Waals surface area (Å²) in [6, 6.07) is 12.2. The summed E-state index contributed by atoms with van der Waals surface area (Å²) < 4.78 is 40.2. The molecule has 1 heterocycles. The van der Waals surface area contributed by atoms with Gasteiger partial charge in [0.15, 0.2) is 0 Å².